The molecule has 0 N–H and O–H groups in total. The standard InChI is InChI=1S/C18H16ClNO/c1-12-3-4-13(2)16(9-12)18(21)11-20-8-7-14-5-6-15(19)10-17(14)20/h3-10H,11H2,1-2H3. The number of nitrogens with zero attached hydrogens (tertiary/aromatic N) is 1. The summed E-state index contributed by atoms with van der Waals surface area (Å²) in [5.41, 5.74) is 3.89. The third-order valence-electron chi connectivity index (χ3n) is 3.74. The van der Waals surface area contributed by atoms with Crippen LogP contribution >= 0.6 is 11.6 Å². The highest BCUT2D eigenvalue weighted by molar-refractivity contribution is 6.31. The van der Waals surface area contributed by atoms with Gasteiger partial charge in [-0.15, -0.1) is 0 Å². The summed E-state index contributed by atoms with van der Waals surface area (Å²) in [7, 11) is 0. The number of fused-ring (bicyclic) bond motifs is 1. The molecule has 0 bridgehead atoms. The lowest BCUT2D eigenvalue weighted by Crippen LogP contribution is -2.11. The van der Waals surface area contributed by atoms with E-state index in [9.17, 15) is 4.79 Å². The van der Waals surface area contributed by atoms with Gasteiger partial charge in [-0.2, -0.15) is 0 Å². The van der Waals surface area contributed by atoms with E-state index in [-0.39, 0.29) is 5.78 Å². The van der Waals surface area contributed by atoms with Gasteiger partial charge < -0.3 is 4.57 Å². The van der Waals surface area contributed by atoms with Gasteiger partial charge in [0.2, 0.25) is 0 Å². The van der Waals surface area contributed by atoms with E-state index in [1.54, 1.807) is 0 Å². The highest BCUT2D eigenvalue weighted by Crippen LogP contribution is 2.21. The normalized spacial score (nSPS) is 11.0. The number of ketones is 1. The molecule has 3 heteroatoms. The average Bonchev–Trinajstić information content (AvgIpc) is 2.84. The van der Waals surface area contributed by atoms with Crippen molar-refractivity contribution in [3.05, 3.63) is 70.4 Å². The highest BCUT2D eigenvalue weighted by atomic mass is 35.5. The Morgan fingerprint density at radius 2 is 1.90 bits per heavy atom. The number of hydrogen-bond acceptors (Lipinski definition) is 1. The summed E-state index contributed by atoms with van der Waals surface area (Å²) >= 11 is 6.05. The molecule has 0 atom stereocenters. The Morgan fingerprint density at radius 3 is 2.71 bits per heavy atom. The fourth-order valence-electron chi connectivity index (χ4n) is 2.57. The summed E-state index contributed by atoms with van der Waals surface area (Å²) in [5.74, 6) is 0.119. The number of Topliss-reactive ketones (excluding diaryl/α,β-unsaturated/α-hetero) is 1. The summed E-state index contributed by atoms with van der Waals surface area (Å²) in [6.45, 7) is 4.30. The first-order chi connectivity index (χ1) is 10.0. The van der Waals surface area contributed by atoms with Crippen LogP contribution in [0.3, 0.4) is 0 Å². The minimum absolute atomic E-state index is 0.119. The van der Waals surface area contributed by atoms with Crippen LogP contribution < -0.4 is 0 Å². The van der Waals surface area contributed by atoms with Gasteiger partial charge in [-0.1, -0.05) is 35.4 Å². The summed E-state index contributed by atoms with van der Waals surface area (Å²) < 4.78 is 1.95. The molecule has 3 rings (SSSR count). The third kappa shape index (κ3) is 2.72. The molecule has 1 heterocycles. The Labute approximate surface area is 129 Å². The molecule has 0 radical (unpaired) electrons. The molecule has 0 spiro atoms. The Morgan fingerprint density at radius 1 is 1.10 bits per heavy atom. The lowest BCUT2D eigenvalue weighted by Gasteiger charge is -2.08. The van der Waals surface area contributed by atoms with Gasteiger partial charge in [0.05, 0.1) is 6.54 Å². The van der Waals surface area contributed by atoms with Gasteiger partial charge >= 0.3 is 0 Å². The molecule has 21 heavy (non-hydrogen) atoms. The fourth-order valence-corrected chi connectivity index (χ4v) is 2.74. The predicted molar refractivity (Wildman–Crippen MR) is 87.2 cm³/mol. The fraction of sp³-hybridized carbons (Fsp3) is 0.167. The Kier molecular flexibility index (Phi) is 3.56. The largest absolute Gasteiger partial charge is 0.340 e. The molecule has 3 aromatic rings. The molecular formula is C18H16ClNO. The van der Waals surface area contributed by atoms with Gasteiger partial charge in [-0.05, 0) is 49.1 Å². The van der Waals surface area contributed by atoms with E-state index < -0.39 is 0 Å². The first kappa shape index (κ1) is 13.9. The number of carbonyl (C=O) groups is 1. The minimum Gasteiger partial charge on any atom is -0.340 e. The van der Waals surface area contributed by atoms with Crippen LogP contribution in [0.1, 0.15) is 21.5 Å². The zero-order chi connectivity index (χ0) is 15.0. The molecule has 0 saturated carbocycles. The second kappa shape index (κ2) is 5.38. The van der Waals surface area contributed by atoms with E-state index in [1.165, 1.54) is 0 Å². The van der Waals surface area contributed by atoms with E-state index in [0.29, 0.717) is 11.6 Å². The molecular weight excluding hydrogens is 282 g/mol. The van der Waals surface area contributed by atoms with E-state index in [0.717, 1.165) is 27.6 Å². The van der Waals surface area contributed by atoms with Crippen LogP contribution in [0.25, 0.3) is 10.9 Å². The van der Waals surface area contributed by atoms with Crippen molar-refractivity contribution in [3.63, 3.8) is 0 Å². The zero-order valence-corrected chi connectivity index (χ0v) is 12.8. The van der Waals surface area contributed by atoms with Crippen molar-refractivity contribution in [1.82, 2.24) is 4.57 Å². The Hall–Kier alpha value is -2.06. The molecule has 0 amide bonds. The molecule has 106 valence electrons. The molecule has 0 aliphatic heterocycles. The Balaban J connectivity index is 1.96. The van der Waals surface area contributed by atoms with Crippen LogP contribution in [0, 0.1) is 13.8 Å². The number of rotatable bonds is 3. The third-order valence-corrected chi connectivity index (χ3v) is 3.98. The predicted octanol–water partition coefficient (Wildman–Crippen LogP) is 4.79. The van der Waals surface area contributed by atoms with Gasteiger partial charge in [-0.3, -0.25) is 4.79 Å². The van der Waals surface area contributed by atoms with E-state index >= 15 is 0 Å². The van der Waals surface area contributed by atoms with Gasteiger partial charge in [-0.25, -0.2) is 0 Å². The first-order valence-electron chi connectivity index (χ1n) is 6.89. The number of aromatic nitrogens is 1. The molecule has 1 aromatic heterocycles. The number of carbonyl (C=O) groups excluding carboxylic acids is 1. The lowest BCUT2D eigenvalue weighted by atomic mass is 10.0. The Bertz CT molecular complexity index is 832. The first-order valence-corrected chi connectivity index (χ1v) is 7.27. The maximum absolute atomic E-state index is 12.6. The second-order valence-corrected chi connectivity index (χ2v) is 5.82. The van der Waals surface area contributed by atoms with Crippen molar-refractivity contribution >= 4 is 28.3 Å². The van der Waals surface area contributed by atoms with Gasteiger partial charge in [0.25, 0.3) is 0 Å². The monoisotopic (exact) mass is 297 g/mol. The van der Waals surface area contributed by atoms with Crippen LogP contribution in [0.2, 0.25) is 5.02 Å². The number of halogens is 1. The van der Waals surface area contributed by atoms with E-state index in [2.05, 4.69) is 0 Å². The van der Waals surface area contributed by atoms with Crippen LogP contribution in [-0.2, 0) is 6.54 Å². The molecule has 2 aromatic carbocycles. The van der Waals surface area contributed by atoms with E-state index in [1.807, 2.05) is 67.1 Å². The second-order valence-electron chi connectivity index (χ2n) is 5.39. The summed E-state index contributed by atoms with van der Waals surface area (Å²) in [5, 5.41) is 1.77. The topological polar surface area (TPSA) is 22.0 Å². The van der Waals surface area contributed by atoms with Crippen LogP contribution in [-0.4, -0.2) is 10.4 Å². The molecule has 0 saturated heterocycles. The number of hydrogen-bond donors (Lipinski definition) is 0. The SMILES string of the molecule is Cc1ccc(C)c(C(=O)Cn2ccc3ccc(Cl)cc32)c1. The summed E-state index contributed by atoms with van der Waals surface area (Å²) in [6, 6.07) is 13.7. The van der Waals surface area contributed by atoms with Crippen molar-refractivity contribution in [1.29, 1.82) is 0 Å². The van der Waals surface area contributed by atoms with Gasteiger partial charge in [0.15, 0.2) is 5.78 Å². The van der Waals surface area contributed by atoms with Crippen LogP contribution in [0.15, 0.2) is 48.7 Å². The zero-order valence-electron chi connectivity index (χ0n) is 12.1. The van der Waals surface area contributed by atoms with Crippen molar-refractivity contribution in [2.24, 2.45) is 0 Å². The quantitative estimate of drug-likeness (QED) is 0.637. The van der Waals surface area contributed by atoms with E-state index in [4.69, 9.17) is 11.6 Å². The number of benzene rings is 2. The van der Waals surface area contributed by atoms with Crippen molar-refractivity contribution in [3.8, 4) is 0 Å². The summed E-state index contributed by atoms with van der Waals surface area (Å²) in [4.78, 5) is 12.6. The maximum Gasteiger partial charge on any atom is 0.182 e. The van der Waals surface area contributed by atoms with Crippen molar-refractivity contribution < 1.29 is 4.79 Å². The minimum atomic E-state index is 0.119. The molecule has 0 unspecified atom stereocenters. The lowest BCUT2D eigenvalue weighted by molar-refractivity contribution is 0.0973. The van der Waals surface area contributed by atoms with Crippen molar-refractivity contribution in [2.75, 3.05) is 0 Å². The average molecular weight is 298 g/mol. The molecule has 0 fully saturated rings. The van der Waals surface area contributed by atoms with Crippen LogP contribution in [0.4, 0.5) is 0 Å². The maximum atomic E-state index is 12.6. The van der Waals surface area contributed by atoms with Gasteiger partial charge in [0, 0.05) is 22.3 Å². The number of aryl methyl sites for hydroxylation is 2. The smallest absolute Gasteiger partial charge is 0.182 e. The molecule has 2 nitrogen and oxygen atoms in total. The molecule has 0 aliphatic carbocycles. The van der Waals surface area contributed by atoms with Crippen molar-refractivity contribution in [2.45, 2.75) is 20.4 Å². The van der Waals surface area contributed by atoms with Gasteiger partial charge in [0.1, 0.15) is 0 Å². The summed E-state index contributed by atoms with van der Waals surface area (Å²) in [6.07, 6.45) is 1.93. The molecule has 0 aliphatic rings. The highest BCUT2D eigenvalue weighted by Gasteiger charge is 2.11. The van der Waals surface area contributed by atoms with Crippen LogP contribution in [0.5, 0.6) is 0 Å².